The van der Waals surface area contributed by atoms with Gasteiger partial charge in [0, 0.05) is 0 Å². The van der Waals surface area contributed by atoms with Gasteiger partial charge in [0.15, 0.2) is 6.17 Å². The minimum absolute atomic E-state index is 0.0737. The summed E-state index contributed by atoms with van der Waals surface area (Å²) in [5, 5.41) is -0.784. The van der Waals surface area contributed by atoms with Crippen molar-refractivity contribution >= 4 is 21.9 Å². The molecule has 1 fully saturated rings. The Labute approximate surface area is 154 Å². The molecule has 0 radical (unpaired) electrons. The highest BCUT2D eigenvalue weighted by Gasteiger charge is 2.45. The summed E-state index contributed by atoms with van der Waals surface area (Å²) in [5.41, 5.74) is 1.38. The second-order valence-corrected chi connectivity index (χ2v) is 6.60. The van der Waals surface area contributed by atoms with Crippen LogP contribution in [0.3, 0.4) is 0 Å². The average molecular weight is 409 g/mol. The van der Waals surface area contributed by atoms with E-state index < -0.39 is 29.4 Å². The topological polar surface area (TPSA) is 44.8 Å². The fourth-order valence-corrected chi connectivity index (χ4v) is 3.17. The molecule has 2 aromatic rings. The van der Waals surface area contributed by atoms with Crippen LogP contribution >= 0.6 is 15.9 Å². The zero-order chi connectivity index (χ0) is 17.6. The van der Waals surface area contributed by atoms with Crippen molar-refractivity contribution in [1.82, 2.24) is 0 Å². The van der Waals surface area contributed by atoms with Crippen LogP contribution in [0.5, 0.6) is 0 Å². The fraction of sp³-hybridized carbons (Fsp3) is 0.316. The van der Waals surface area contributed by atoms with Crippen molar-refractivity contribution in [1.29, 1.82) is 0 Å². The molecular formula is C19H18BrFO4. The van der Waals surface area contributed by atoms with E-state index >= 15 is 0 Å². The molecule has 0 aromatic heterocycles. The minimum Gasteiger partial charge on any atom is -0.459 e. The Hall–Kier alpha value is -1.76. The third-order valence-electron chi connectivity index (χ3n) is 3.91. The van der Waals surface area contributed by atoms with Gasteiger partial charge >= 0.3 is 5.97 Å². The van der Waals surface area contributed by atoms with Gasteiger partial charge in [0.05, 0.1) is 12.2 Å². The molecule has 0 unspecified atom stereocenters. The molecule has 1 saturated heterocycles. The second-order valence-electron chi connectivity index (χ2n) is 5.70. The molecule has 1 aliphatic heterocycles. The molecule has 0 N–H and O–H groups in total. The Morgan fingerprint density at radius 3 is 2.40 bits per heavy atom. The van der Waals surface area contributed by atoms with Crippen molar-refractivity contribution in [3.8, 4) is 0 Å². The largest absolute Gasteiger partial charge is 0.459 e. The van der Waals surface area contributed by atoms with Crippen LogP contribution in [0.15, 0.2) is 60.7 Å². The van der Waals surface area contributed by atoms with Crippen LogP contribution in [0.4, 0.5) is 4.39 Å². The first-order valence-corrected chi connectivity index (χ1v) is 8.88. The zero-order valence-electron chi connectivity index (χ0n) is 13.4. The molecule has 0 amide bonds. The van der Waals surface area contributed by atoms with Gasteiger partial charge in [-0.1, -0.05) is 64.5 Å². The van der Waals surface area contributed by atoms with E-state index in [0.29, 0.717) is 5.56 Å². The minimum atomic E-state index is -1.34. The van der Waals surface area contributed by atoms with E-state index in [2.05, 4.69) is 15.9 Å². The Bertz CT molecular complexity index is 682. The van der Waals surface area contributed by atoms with Crippen LogP contribution < -0.4 is 0 Å². The third-order valence-corrected chi connectivity index (χ3v) is 4.63. The molecule has 2 aromatic carbocycles. The molecule has 1 aliphatic rings. The maximum atomic E-state index is 14.3. The molecular weight excluding hydrogens is 391 g/mol. The molecule has 3 rings (SSSR count). The predicted molar refractivity (Wildman–Crippen MR) is 94.2 cm³/mol. The van der Waals surface area contributed by atoms with E-state index in [1.807, 2.05) is 36.4 Å². The van der Waals surface area contributed by atoms with E-state index in [4.69, 9.17) is 14.2 Å². The van der Waals surface area contributed by atoms with Gasteiger partial charge in [0.25, 0.3) is 0 Å². The number of carbonyl (C=O) groups is 1. The van der Waals surface area contributed by atoms with Crippen LogP contribution in [0.25, 0.3) is 0 Å². The third kappa shape index (κ3) is 4.66. The number of hydrogen-bond acceptors (Lipinski definition) is 4. The highest BCUT2D eigenvalue weighted by atomic mass is 79.9. The fourth-order valence-electron chi connectivity index (χ4n) is 2.59. The standard InChI is InChI=1S/C19H18BrFO4/c20-18-16(21)17(23-11-13-7-3-1-4-8-13)15(25-18)12-24-19(22)14-9-5-2-6-10-14/h1-10,15-18H,11-12H2/t15-,16+,17-,18+/m1/s1. The Balaban J connectivity index is 1.57. The molecule has 0 saturated carbocycles. The van der Waals surface area contributed by atoms with Crippen LogP contribution in [0, 0.1) is 0 Å². The molecule has 0 spiro atoms. The van der Waals surface area contributed by atoms with E-state index in [9.17, 15) is 9.18 Å². The molecule has 0 aliphatic carbocycles. The second kappa shape index (κ2) is 8.56. The van der Waals surface area contributed by atoms with Gasteiger partial charge in [-0.3, -0.25) is 0 Å². The van der Waals surface area contributed by atoms with Gasteiger partial charge < -0.3 is 14.2 Å². The number of esters is 1. The number of carbonyl (C=O) groups excluding carboxylic acids is 1. The summed E-state index contributed by atoms with van der Waals surface area (Å²) in [6, 6.07) is 18.1. The SMILES string of the molecule is O=C(OC[C@H]1O[C@H](Br)[C@@H](F)[C@@H]1OCc1ccccc1)c1ccccc1. The lowest BCUT2D eigenvalue weighted by molar-refractivity contribution is -0.0562. The van der Waals surface area contributed by atoms with E-state index in [1.165, 1.54) is 0 Å². The monoisotopic (exact) mass is 408 g/mol. The maximum absolute atomic E-state index is 14.3. The van der Waals surface area contributed by atoms with Crippen molar-refractivity contribution in [3.63, 3.8) is 0 Å². The maximum Gasteiger partial charge on any atom is 0.338 e. The van der Waals surface area contributed by atoms with E-state index in [-0.39, 0.29) is 13.2 Å². The van der Waals surface area contributed by atoms with Crippen molar-refractivity contribution in [2.45, 2.75) is 30.0 Å². The summed E-state index contributed by atoms with van der Waals surface area (Å²) in [7, 11) is 0. The molecule has 6 heteroatoms. The lowest BCUT2D eigenvalue weighted by atomic mass is 10.1. The average Bonchev–Trinajstić information content (AvgIpc) is 2.93. The van der Waals surface area contributed by atoms with Crippen molar-refractivity contribution in [3.05, 3.63) is 71.8 Å². The molecule has 25 heavy (non-hydrogen) atoms. The van der Waals surface area contributed by atoms with Crippen molar-refractivity contribution in [2.24, 2.45) is 0 Å². The van der Waals surface area contributed by atoms with Gasteiger partial charge in [-0.25, -0.2) is 9.18 Å². The van der Waals surface area contributed by atoms with Crippen LogP contribution in [0.1, 0.15) is 15.9 Å². The number of hydrogen-bond donors (Lipinski definition) is 0. The number of alkyl halides is 2. The molecule has 4 atom stereocenters. The summed E-state index contributed by atoms with van der Waals surface area (Å²) in [6.07, 6.45) is -2.83. The number of rotatable bonds is 6. The van der Waals surface area contributed by atoms with Crippen molar-refractivity contribution < 1.29 is 23.4 Å². The lowest BCUT2D eigenvalue weighted by Gasteiger charge is -2.20. The summed E-state index contributed by atoms with van der Waals surface area (Å²) in [4.78, 5) is 12.0. The van der Waals surface area contributed by atoms with Gasteiger partial charge in [-0.15, -0.1) is 0 Å². The normalized spacial score (nSPS) is 25.7. The summed E-state index contributed by atoms with van der Waals surface area (Å²) >= 11 is 3.14. The first-order valence-electron chi connectivity index (χ1n) is 7.96. The molecule has 0 bridgehead atoms. The first-order chi connectivity index (χ1) is 12.1. The van der Waals surface area contributed by atoms with Gasteiger partial charge in [0.1, 0.15) is 23.8 Å². The van der Waals surface area contributed by atoms with Gasteiger partial charge in [-0.2, -0.15) is 0 Å². The van der Waals surface area contributed by atoms with Gasteiger partial charge in [0.2, 0.25) is 0 Å². The Morgan fingerprint density at radius 1 is 1.08 bits per heavy atom. The van der Waals surface area contributed by atoms with E-state index in [0.717, 1.165) is 5.56 Å². The first kappa shape index (κ1) is 18.0. The number of halogens is 2. The Morgan fingerprint density at radius 2 is 1.72 bits per heavy atom. The van der Waals surface area contributed by atoms with Crippen LogP contribution in [-0.2, 0) is 20.8 Å². The van der Waals surface area contributed by atoms with Crippen LogP contribution in [0.2, 0.25) is 0 Å². The predicted octanol–water partition coefficient (Wildman–Crippen LogP) is 3.89. The lowest BCUT2D eigenvalue weighted by Crippen LogP contribution is -2.35. The molecule has 1 heterocycles. The Kier molecular flexibility index (Phi) is 6.18. The smallest absolute Gasteiger partial charge is 0.338 e. The molecule has 132 valence electrons. The van der Waals surface area contributed by atoms with Crippen molar-refractivity contribution in [2.75, 3.05) is 6.61 Å². The highest BCUT2D eigenvalue weighted by Crippen LogP contribution is 2.31. The summed E-state index contributed by atoms with van der Waals surface area (Å²) < 4.78 is 30.8. The van der Waals surface area contributed by atoms with Gasteiger partial charge in [-0.05, 0) is 17.7 Å². The highest BCUT2D eigenvalue weighted by molar-refractivity contribution is 9.09. The van der Waals surface area contributed by atoms with Crippen LogP contribution in [-0.4, -0.2) is 36.0 Å². The summed E-state index contributed by atoms with van der Waals surface area (Å²) in [6.45, 7) is 0.188. The number of ether oxygens (including phenoxy) is 3. The zero-order valence-corrected chi connectivity index (χ0v) is 15.0. The summed E-state index contributed by atoms with van der Waals surface area (Å²) in [5.74, 6) is -0.473. The number of benzene rings is 2. The quantitative estimate of drug-likeness (QED) is 0.537. The molecule has 4 nitrogen and oxygen atoms in total. The van der Waals surface area contributed by atoms with E-state index in [1.54, 1.807) is 24.3 Å².